The van der Waals surface area contributed by atoms with Crippen LogP contribution in [-0.2, 0) is 4.79 Å². The van der Waals surface area contributed by atoms with Crippen LogP contribution in [-0.4, -0.2) is 5.24 Å². The lowest BCUT2D eigenvalue weighted by Crippen LogP contribution is -2.23. The molecule has 1 aliphatic carbocycles. The molecule has 0 spiro atoms. The van der Waals surface area contributed by atoms with Crippen molar-refractivity contribution >= 4 is 16.8 Å². The molecular weight excluding hydrogens is 136 g/mol. The minimum atomic E-state index is -0.167. The van der Waals surface area contributed by atoms with Crippen molar-refractivity contribution < 1.29 is 4.79 Å². The summed E-state index contributed by atoms with van der Waals surface area (Å²) in [6, 6.07) is 0. The van der Waals surface area contributed by atoms with Gasteiger partial charge in [0.05, 0.1) is 0 Å². The van der Waals surface area contributed by atoms with Gasteiger partial charge in [0.15, 0.2) is 0 Å². The van der Waals surface area contributed by atoms with Gasteiger partial charge in [0.25, 0.3) is 0 Å². The molecule has 2 heteroatoms. The largest absolute Gasteiger partial charge is 0.281 e. The Morgan fingerprint density at radius 3 is 2.33 bits per heavy atom. The van der Waals surface area contributed by atoms with Crippen LogP contribution in [0, 0.1) is 11.8 Å². The molecule has 0 aromatic heterocycles. The average Bonchev–Trinajstić information content (AvgIpc) is 1.60. The third kappa shape index (κ3) is 1.45. The van der Waals surface area contributed by atoms with Crippen molar-refractivity contribution in [2.75, 3.05) is 0 Å². The van der Waals surface area contributed by atoms with Gasteiger partial charge in [-0.25, -0.2) is 0 Å². The van der Waals surface area contributed by atoms with E-state index >= 15 is 0 Å². The lowest BCUT2D eigenvalue weighted by atomic mass is 9.77. The third-order valence-electron chi connectivity index (χ3n) is 2.21. The molecule has 0 radical (unpaired) electrons. The van der Waals surface area contributed by atoms with E-state index in [0.29, 0.717) is 5.92 Å². The predicted octanol–water partition coefficient (Wildman–Crippen LogP) is 2.19. The first-order valence-electron chi connectivity index (χ1n) is 3.41. The van der Waals surface area contributed by atoms with E-state index in [-0.39, 0.29) is 11.2 Å². The van der Waals surface area contributed by atoms with Gasteiger partial charge in [-0.3, -0.25) is 4.79 Å². The Labute approximate surface area is 60.4 Å². The second-order valence-corrected chi connectivity index (χ2v) is 3.16. The molecule has 0 N–H and O–H groups in total. The van der Waals surface area contributed by atoms with Gasteiger partial charge in [-0.05, 0) is 30.4 Å². The van der Waals surface area contributed by atoms with E-state index in [9.17, 15) is 4.79 Å². The zero-order chi connectivity index (χ0) is 6.85. The minimum Gasteiger partial charge on any atom is -0.281 e. The van der Waals surface area contributed by atoms with Crippen LogP contribution in [0.4, 0.5) is 0 Å². The van der Waals surface area contributed by atoms with Gasteiger partial charge in [0.1, 0.15) is 0 Å². The zero-order valence-corrected chi connectivity index (χ0v) is 6.32. The lowest BCUT2D eigenvalue weighted by Gasteiger charge is -2.28. The fourth-order valence-electron chi connectivity index (χ4n) is 1.13. The van der Waals surface area contributed by atoms with Crippen LogP contribution in [0.1, 0.15) is 26.2 Å². The molecule has 1 nitrogen and oxygen atoms in total. The summed E-state index contributed by atoms with van der Waals surface area (Å²) >= 11 is 5.30. The maximum atomic E-state index is 10.5. The Morgan fingerprint density at radius 1 is 1.67 bits per heavy atom. The molecule has 1 fully saturated rings. The molecule has 9 heavy (non-hydrogen) atoms. The molecule has 1 saturated carbocycles. The molecule has 0 heterocycles. The first-order chi connectivity index (χ1) is 4.22. The van der Waals surface area contributed by atoms with Gasteiger partial charge >= 0.3 is 0 Å². The van der Waals surface area contributed by atoms with Crippen LogP contribution in [0.15, 0.2) is 0 Å². The van der Waals surface area contributed by atoms with Crippen LogP contribution < -0.4 is 0 Å². The first-order valence-corrected chi connectivity index (χ1v) is 3.79. The number of hydrogen-bond donors (Lipinski definition) is 0. The quantitative estimate of drug-likeness (QED) is 0.546. The van der Waals surface area contributed by atoms with Gasteiger partial charge in [0.2, 0.25) is 5.24 Å². The maximum absolute atomic E-state index is 10.5. The molecule has 1 unspecified atom stereocenters. The normalized spacial score (nSPS) is 22.9. The topological polar surface area (TPSA) is 17.1 Å². The van der Waals surface area contributed by atoms with Crippen molar-refractivity contribution in [2.45, 2.75) is 26.2 Å². The van der Waals surface area contributed by atoms with Gasteiger partial charge in [-0.15, -0.1) is 0 Å². The fraction of sp³-hybridized carbons (Fsp3) is 0.857. The Balaban J connectivity index is 2.32. The maximum Gasteiger partial charge on any atom is 0.224 e. The van der Waals surface area contributed by atoms with Gasteiger partial charge in [-0.1, -0.05) is 13.3 Å². The van der Waals surface area contributed by atoms with Gasteiger partial charge in [0, 0.05) is 5.92 Å². The van der Waals surface area contributed by atoms with E-state index in [4.69, 9.17) is 11.6 Å². The summed E-state index contributed by atoms with van der Waals surface area (Å²) in [5, 5.41) is -0.167. The first kappa shape index (κ1) is 7.07. The second-order valence-electron chi connectivity index (χ2n) is 2.78. The van der Waals surface area contributed by atoms with Crippen LogP contribution in [0.25, 0.3) is 0 Å². The molecule has 0 amide bonds. The summed E-state index contributed by atoms with van der Waals surface area (Å²) < 4.78 is 0. The highest BCUT2D eigenvalue weighted by Gasteiger charge is 2.27. The number of hydrogen-bond acceptors (Lipinski definition) is 1. The van der Waals surface area contributed by atoms with Crippen molar-refractivity contribution in [3.05, 3.63) is 0 Å². The Bertz CT molecular complexity index is 118. The van der Waals surface area contributed by atoms with Gasteiger partial charge in [-0.2, -0.15) is 0 Å². The van der Waals surface area contributed by atoms with Crippen molar-refractivity contribution in [3.63, 3.8) is 0 Å². The summed E-state index contributed by atoms with van der Waals surface area (Å²) in [5.41, 5.74) is 0. The predicted molar refractivity (Wildman–Crippen MR) is 37.4 cm³/mol. The zero-order valence-electron chi connectivity index (χ0n) is 5.56. The highest BCUT2D eigenvalue weighted by Crippen LogP contribution is 2.33. The highest BCUT2D eigenvalue weighted by molar-refractivity contribution is 6.63. The molecule has 1 atom stereocenters. The van der Waals surface area contributed by atoms with Crippen molar-refractivity contribution in [2.24, 2.45) is 11.8 Å². The molecule has 0 aromatic carbocycles. The summed E-state index contributed by atoms with van der Waals surface area (Å²) in [7, 11) is 0. The van der Waals surface area contributed by atoms with Crippen LogP contribution in [0.3, 0.4) is 0 Å². The molecular formula is C7H11ClO. The van der Waals surface area contributed by atoms with E-state index in [1.165, 1.54) is 19.3 Å². The average molecular weight is 147 g/mol. The fourth-order valence-corrected chi connectivity index (χ4v) is 1.30. The highest BCUT2D eigenvalue weighted by atomic mass is 35.5. The van der Waals surface area contributed by atoms with Crippen LogP contribution >= 0.6 is 11.6 Å². The van der Waals surface area contributed by atoms with Crippen molar-refractivity contribution in [3.8, 4) is 0 Å². The van der Waals surface area contributed by atoms with E-state index in [1.54, 1.807) is 0 Å². The number of halogens is 1. The molecule has 0 aromatic rings. The lowest BCUT2D eigenvalue weighted by molar-refractivity contribution is -0.117. The standard InChI is InChI=1S/C7H11ClO/c1-5(7(8)9)6-3-2-4-6/h5-6H,2-4H2,1H3. The van der Waals surface area contributed by atoms with E-state index in [0.717, 1.165) is 0 Å². The van der Waals surface area contributed by atoms with E-state index in [1.807, 2.05) is 6.92 Å². The van der Waals surface area contributed by atoms with Crippen LogP contribution in [0.2, 0.25) is 0 Å². The van der Waals surface area contributed by atoms with E-state index in [2.05, 4.69) is 0 Å². The number of rotatable bonds is 2. The Kier molecular flexibility index (Phi) is 2.12. The minimum absolute atomic E-state index is 0.0976. The SMILES string of the molecule is CC(C(=O)Cl)C1CCC1. The molecule has 1 aliphatic rings. The summed E-state index contributed by atoms with van der Waals surface area (Å²) in [6.07, 6.45) is 3.67. The van der Waals surface area contributed by atoms with E-state index < -0.39 is 0 Å². The molecule has 52 valence electrons. The number of carbonyl (C=O) groups excluding carboxylic acids is 1. The number of carbonyl (C=O) groups is 1. The second kappa shape index (κ2) is 2.70. The monoisotopic (exact) mass is 146 g/mol. The molecule has 0 aliphatic heterocycles. The Hall–Kier alpha value is -0.0400. The molecule has 1 rings (SSSR count). The summed E-state index contributed by atoms with van der Waals surface area (Å²) in [4.78, 5) is 10.5. The van der Waals surface area contributed by atoms with Crippen LogP contribution in [0.5, 0.6) is 0 Å². The van der Waals surface area contributed by atoms with Crippen molar-refractivity contribution in [1.82, 2.24) is 0 Å². The molecule has 0 bridgehead atoms. The van der Waals surface area contributed by atoms with Gasteiger partial charge < -0.3 is 0 Å². The smallest absolute Gasteiger partial charge is 0.224 e. The van der Waals surface area contributed by atoms with Crippen molar-refractivity contribution in [1.29, 1.82) is 0 Å². The molecule has 0 saturated heterocycles. The Morgan fingerprint density at radius 2 is 2.22 bits per heavy atom. The third-order valence-corrected chi connectivity index (χ3v) is 2.56. The summed E-state index contributed by atoms with van der Waals surface area (Å²) in [5.74, 6) is 0.690. The summed E-state index contributed by atoms with van der Waals surface area (Å²) in [6.45, 7) is 1.92.